The summed E-state index contributed by atoms with van der Waals surface area (Å²) in [6.07, 6.45) is -5.47. The van der Waals surface area contributed by atoms with Gasteiger partial charge >= 0.3 is 12.1 Å². The van der Waals surface area contributed by atoms with Crippen LogP contribution in [0, 0.1) is 0 Å². The number of nitrogens with zero attached hydrogens (tertiary/aromatic N) is 1. The SMILES string of the molecule is CC1CN(C(=O)C(F)(F)F)CC(C)O1. The van der Waals surface area contributed by atoms with Crippen molar-refractivity contribution in [2.45, 2.75) is 32.2 Å². The van der Waals surface area contributed by atoms with Gasteiger partial charge in [-0.15, -0.1) is 0 Å². The maximum atomic E-state index is 12.1. The molecule has 1 rings (SSSR count). The van der Waals surface area contributed by atoms with Crippen LogP contribution in [-0.4, -0.2) is 42.3 Å². The molecule has 0 aromatic carbocycles. The average molecular weight is 211 g/mol. The van der Waals surface area contributed by atoms with Crippen molar-refractivity contribution in [3.05, 3.63) is 0 Å². The summed E-state index contributed by atoms with van der Waals surface area (Å²) in [5.41, 5.74) is 0. The van der Waals surface area contributed by atoms with Crippen LogP contribution in [0.4, 0.5) is 13.2 Å². The predicted molar refractivity (Wildman–Crippen MR) is 42.6 cm³/mol. The first-order chi connectivity index (χ1) is 6.30. The van der Waals surface area contributed by atoms with Gasteiger partial charge in [0.2, 0.25) is 0 Å². The Bertz CT molecular complexity index is 219. The van der Waals surface area contributed by atoms with Crippen molar-refractivity contribution < 1.29 is 22.7 Å². The third-order valence-electron chi connectivity index (χ3n) is 1.95. The molecule has 0 bridgehead atoms. The minimum absolute atomic E-state index is 0.00266. The molecular weight excluding hydrogens is 199 g/mol. The monoisotopic (exact) mass is 211 g/mol. The highest BCUT2D eigenvalue weighted by Crippen LogP contribution is 2.21. The number of ether oxygens (including phenoxy) is 1. The van der Waals surface area contributed by atoms with E-state index in [0.717, 1.165) is 4.90 Å². The van der Waals surface area contributed by atoms with Gasteiger partial charge in [0.15, 0.2) is 0 Å². The van der Waals surface area contributed by atoms with E-state index in [0.29, 0.717) is 0 Å². The summed E-state index contributed by atoms with van der Waals surface area (Å²) in [5.74, 6) is -1.78. The molecule has 1 amide bonds. The van der Waals surface area contributed by atoms with Crippen LogP contribution in [0.3, 0.4) is 0 Å². The summed E-state index contributed by atoms with van der Waals surface area (Å²) in [6, 6.07) is 0. The quantitative estimate of drug-likeness (QED) is 0.602. The normalized spacial score (nSPS) is 29.1. The number of halogens is 3. The highest BCUT2D eigenvalue weighted by molar-refractivity contribution is 5.82. The zero-order chi connectivity index (χ0) is 10.9. The smallest absolute Gasteiger partial charge is 0.372 e. The Kier molecular flexibility index (Phi) is 3.04. The Morgan fingerprint density at radius 2 is 1.71 bits per heavy atom. The average Bonchev–Trinajstić information content (AvgIpc) is 1.99. The van der Waals surface area contributed by atoms with E-state index in [4.69, 9.17) is 4.74 Å². The molecule has 2 atom stereocenters. The molecule has 0 N–H and O–H groups in total. The van der Waals surface area contributed by atoms with E-state index in [1.807, 2.05) is 0 Å². The third-order valence-corrected chi connectivity index (χ3v) is 1.95. The van der Waals surface area contributed by atoms with Gasteiger partial charge in [0.1, 0.15) is 0 Å². The van der Waals surface area contributed by atoms with Crippen LogP contribution in [-0.2, 0) is 9.53 Å². The minimum Gasteiger partial charge on any atom is -0.372 e. The Balaban J connectivity index is 2.64. The summed E-state index contributed by atoms with van der Waals surface area (Å²) in [7, 11) is 0. The van der Waals surface area contributed by atoms with Crippen molar-refractivity contribution in [3.63, 3.8) is 0 Å². The molecule has 0 aliphatic carbocycles. The van der Waals surface area contributed by atoms with Crippen molar-refractivity contribution >= 4 is 5.91 Å². The number of carbonyl (C=O) groups excluding carboxylic acids is 1. The van der Waals surface area contributed by atoms with Gasteiger partial charge in [-0.3, -0.25) is 4.79 Å². The van der Waals surface area contributed by atoms with Gasteiger partial charge in [0.05, 0.1) is 12.2 Å². The molecule has 1 aliphatic heterocycles. The molecule has 0 radical (unpaired) electrons. The first-order valence-corrected chi connectivity index (χ1v) is 4.32. The fourth-order valence-corrected chi connectivity index (χ4v) is 1.52. The molecule has 0 aromatic rings. The van der Waals surface area contributed by atoms with E-state index in [1.165, 1.54) is 0 Å². The van der Waals surface area contributed by atoms with E-state index in [9.17, 15) is 18.0 Å². The van der Waals surface area contributed by atoms with Crippen LogP contribution >= 0.6 is 0 Å². The lowest BCUT2D eigenvalue weighted by Crippen LogP contribution is -2.52. The number of morpholine rings is 1. The summed E-state index contributed by atoms with van der Waals surface area (Å²) in [6.45, 7) is 3.30. The maximum absolute atomic E-state index is 12.1. The summed E-state index contributed by atoms with van der Waals surface area (Å²) >= 11 is 0. The molecule has 1 heterocycles. The van der Waals surface area contributed by atoms with Crippen molar-refractivity contribution in [1.82, 2.24) is 4.90 Å². The molecule has 1 fully saturated rings. The molecular formula is C8H12F3NO2. The van der Waals surface area contributed by atoms with Gasteiger partial charge in [0.25, 0.3) is 0 Å². The van der Waals surface area contributed by atoms with E-state index >= 15 is 0 Å². The first-order valence-electron chi connectivity index (χ1n) is 4.32. The van der Waals surface area contributed by atoms with Crippen LogP contribution in [0.25, 0.3) is 0 Å². The fraction of sp³-hybridized carbons (Fsp3) is 0.875. The molecule has 82 valence electrons. The van der Waals surface area contributed by atoms with E-state index in [-0.39, 0.29) is 25.3 Å². The third kappa shape index (κ3) is 2.60. The zero-order valence-electron chi connectivity index (χ0n) is 7.97. The predicted octanol–water partition coefficient (Wildman–Crippen LogP) is 1.18. The molecule has 14 heavy (non-hydrogen) atoms. The van der Waals surface area contributed by atoms with E-state index < -0.39 is 12.1 Å². The lowest BCUT2D eigenvalue weighted by atomic mass is 10.2. The number of carbonyl (C=O) groups is 1. The van der Waals surface area contributed by atoms with Crippen molar-refractivity contribution in [2.75, 3.05) is 13.1 Å². The van der Waals surface area contributed by atoms with Crippen molar-refractivity contribution in [1.29, 1.82) is 0 Å². The minimum atomic E-state index is -4.78. The molecule has 2 unspecified atom stereocenters. The maximum Gasteiger partial charge on any atom is 0.471 e. The highest BCUT2D eigenvalue weighted by atomic mass is 19.4. The second-order valence-corrected chi connectivity index (χ2v) is 3.47. The Morgan fingerprint density at radius 3 is 2.07 bits per heavy atom. The first kappa shape index (κ1) is 11.3. The van der Waals surface area contributed by atoms with Gasteiger partial charge in [0, 0.05) is 13.1 Å². The van der Waals surface area contributed by atoms with Gasteiger partial charge in [-0.25, -0.2) is 0 Å². The number of hydrogen-bond acceptors (Lipinski definition) is 2. The lowest BCUT2D eigenvalue weighted by Gasteiger charge is -2.35. The van der Waals surface area contributed by atoms with Crippen LogP contribution in [0.2, 0.25) is 0 Å². The van der Waals surface area contributed by atoms with Gasteiger partial charge in [-0.2, -0.15) is 13.2 Å². The molecule has 0 saturated carbocycles. The van der Waals surface area contributed by atoms with Crippen LogP contribution in [0.15, 0.2) is 0 Å². The number of amides is 1. The molecule has 3 nitrogen and oxygen atoms in total. The van der Waals surface area contributed by atoms with Crippen LogP contribution in [0.5, 0.6) is 0 Å². The van der Waals surface area contributed by atoms with E-state index in [2.05, 4.69) is 0 Å². The zero-order valence-corrected chi connectivity index (χ0v) is 7.97. The largest absolute Gasteiger partial charge is 0.471 e. The molecule has 1 saturated heterocycles. The number of rotatable bonds is 0. The molecule has 1 aliphatic rings. The summed E-state index contributed by atoms with van der Waals surface area (Å²) < 4.78 is 41.4. The second-order valence-electron chi connectivity index (χ2n) is 3.47. The van der Waals surface area contributed by atoms with Gasteiger partial charge in [-0.1, -0.05) is 0 Å². The van der Waals surface area contributed by atoms with Gasteiger partial charge < -0.3 is 9.64 Å². The molecule has 6 heteroatoms. The highest BCUT2D eigenvalue weighted by Gasteiger charge is 2.44. The Hall–Kier alpha value is -0.780. The van der Waals surface area contributed by atoms with Crippen LogP contribution < -0.4 is 0 Å². The second kappa shape index (κ2) is 3.76. The Labute approximate surface area is 79.8 Å². The summed E-state index contributed by atoms with van der Waals surface area (Å²) in [4.78, 5) is 11.6. The fourth-order valence-electron chi connectivity index (χ4n) is 1.52. The summed E-state index contributed by atoms with van der Waals surface area (Å²) in [5, 5.41) is 0. The van der Waals surface area contributed by atoms with Crippen LogP contribution in [0.1, 0.15) is 13.8 Å². The topological polar surface area (TPSA) is 29.5 Å². The molecule has 0 spiro atoms. The van der Waals surface area contributed by atoms with Gasteiger partial charge in [-0.05, 0) is 13.8 Å². The number of alkyl halides is 3. The van der Waals surface area contributed by atoms with E-state index in [1.54, 1.807) is 13.8 Å². The standard InChI is InChI=1S/C8H12F3NO2/c1-5-3-12(4-6(2)14-5)7(13)8(9,10)11/h5-6H,3-4H2,1-2H3. The van der Waals surface area contributed by atoms with Crippen molar-refractivity contribution in [2.24, 2.45) is 0 Å². The lowest BCUT2D eigenvalue weighted by molar-refractivity contribution is -0.193. The Morgan fingerprint density at radius 1 is 1.29 bits per heavy atom. The molecule has 0 aromatic heterocycles. The van der Waals surface area contributed by atoms with Crippen molar-refractivity contribution in [3.8, 4) is 0 Å². The number of hydrogen-bond donors (Lipinski definition) is 0.